The monoisotopic (exact) mass is 331 g/mol. The van der Waals surface area contributed by atoms with E-state index in [1.54, 1.807) is 6.26 Å². The number of nitrogens with zero attached hydrogens (tertiary/aromatic N) is 4. The molecule has 1 N–H and O–H groups in total. The van der Waals surface area contributed by atoms with Gasteiger partial charge < -0.3 is 10.2 Å². The lowest BCUT2D eigenvalue weighted by Crippen LogP contribution is -2.31. The van der Waals surface area contributed by atoms with Crippen LogP contribution in [0.15, 0.2) is 0 Å². The van der Waals surface area contributed by atoms with Crippen LogP contribution in [0.25, 0.3) is 0 Å². The second-order valence-corrected chi connectivity index (χ2v) is 7.28. The first-order valence-electron chi connectivity index (χ1n) is 7.27. The molecule has 1 saturated heterocycles. The molecule has 1 fully saturated rings. The van der Waals surface area contributed by atoms with Crippen molar-refractivity contribution in [1.29, 1.82) is 0 Å². The van der Waals surface area contributed by atoms with Crippen molar-refractivity contribution in [2.45, 2.75) is 38.6 Å². The van der Waals surface area contributed by atoms with Crippen LogP contribution in [-0.2, 0) is 10.8 Å². The minimum absolute atomic E-state index is 0.140. The lowest BCUT2D eigenvalue weighted by atomic mass is 10.1. The molecule has 2 heterocycles. The number of aromatic nitrogens is 3. The quantitative estimate of drug-likeness (QED) is 0.860. The van der Waals surface area contributed by atoms with Crippen molar-refractivity contribution >= 4 is 34.3 Å². The Morgan fingerprint density at radius 3 is 2.67 bits per heavy atom. The predicted molar refractivity (Wildman–Crippen MR) is 87.5 cm³/mol. The molecule has 0 bridgehead atoms. The maximum absolute atomic E-state index is 11.1. The molecule has 0 aliphatic carbocycles. The first-order valence-corrected chi connectivity index (χ1v) is 9.38. The summed E-state index contributed by atoms with van der Waals surface area (Å²) in [5, 5.41) is 3.42. The second-order valence-electron chi connectivity index (χ2n) is 5.39. The van der Waals surface area contributed by atoms with Crippen molar-refractivity contribution in [3.8, 4) is 0 Å². The van der Waals surface area contributed by atoms with Gasteiger partial charge in [0.25, 0.3) is 0 Å². The Kier molecular flexibility index (Phi) is 6.17. The number of anilines is 2. The first kappa shape index (κ1) is 16.4. The molecule has 8 heteroatoms. The Morgan fingerprint density at radius 2 is 2.00 bits per heavy atom. The van der Waals surface area contributed by atoms with Crippen LogP contribution < -0.4 is 10.2 Å². The van der Waals surface area contributed by atoms with Gasteiger partial charge in [0, 0.05) is 41.9 Å². The molecule has 0 aromatic carbocycles. The Morgan fingerprint density at radius 1 is 1.29 bits per heavy atom. The van der Waals surface area contributed by atoms with E-state index >= 15 is 0 Å². The Bertz CT molecular complexity index is 495. The van der Waals surface area contributed by atoms with Gasteiger partial charge in [-0.1, -0.05) is 0 Å². The minimum Gasteiger partial charge on any atom is -0.352 e. The van der Waals surface area contributed by atoms with E-state index in [4.69, 9.17) is 11.6 Å². The minimum atomic E-state index is -0.784. The van der Waals surface area contributed by atoms with Gasteiger partial charge >= 0.3 is 0 Å². The number of piperidine rings is 1. The summed E-state index contributed by atoms with van der Waals surface area (Å²) in [6.45, 7) is 3.94. The van der Waals surface area contributed by atoms with Gasteiger partial charge in [0.05, 0.1) is 0 Å². The molecule has 1 aromatic heterocycles. The zero-order chi connectivity index (χ0) is 15.2. The fraction of sp³-hybridized carbons (Fsp3) is 0.769. The lowest BCUT2D eigenvalue weighted by molar-refractivity contribution is 0.567. The van der Waals surface area contributed by atoms with Crippen LogP contribution in [0.2, 0.25) is 5.28 Å². The van der Waals surface area contributed by atoms with Crippen molar-refractivity contribution in [1.82, 2.24) is 15.0 Å². The molecule has 0 saturated carbocycles. The van der Waals surface area contributed by atoms with E-state index in [0.717, 1.165) is 32.4 Å². The highest BCUT2D eigenvalue weighted by molar-refractivity contribution is 7.84. The fourth-order valence-electron chi connectivity index (χ4n) is 2.27. The number of nitrogens with one attached hydrogen (secondary N) is 1. The van der Waals surface area contributed by atoms with Crippen LogP contribution in [0.5, 0.6) is 0 Å². The average Bonchev–Trinajstić information content (AvgIpc) is 2.45. The third-order valence-electron chi connectivity index (χ3n) is 3.45. The lowest BCUT2D eigenvalue weighted by Gasteiger charge is -2.26. The molecule has 0 radical (unpaired) electrons. The molecule has 0 amide bonds. The number of hydrogen-bond acceptors (Lipinski definition) is 6. The average molecular weight is 332 g/mol. The van der Waals surface area contributed by atoms with E-state index in [0.29, 0.717) is 17.6 Å². The largest absolute Gasteiger partial charge is 0.352 e. The Labute approximate surface area is 133 Å². The topological polar surface area (TPSA) is 71.0 Å². The van der Waals surface area contributed by atoms with Crippen molar-refractivity contribution < 1.29 is 4.21 Å². The van der Waals surface area contributed by atoms with E-state index in [9.17, 15) is 4.21 Å². The van der Waals surface area contributed by atoms with Crippen LogP contribution in [0.1, 0.15) is 32.6 Å². The molecule has 1 aliphatic rings. The molecule has 2 unspecified atom stereocenters. The second kappa shape index (κ2) is 7.89. The molecule has 0 spiro atoms. The number of hydrogen-bond donors (Lipinski definition) is 1. The van der Waals surface area contributed by atoms with Gasteiger partial charge in [-0.2, -0.15) is 15.0 Å². The standard InChI is InChI=1S/C13H22ClN5OS/c1-10(6-9-21(2)20)15-12-16-11(14)17-13(18-12)19-7-4-3-5-8-19/h10H,3-9H2,1-2H3,(H,15,16,17,18). The first-order chi connectivity index (χ1) is 10.0. The Balaban J connectivity index is 2.02. The number of halogens is 1. The van der Waals surface area contributed by atoms with Gasteiger partial charge in [-0.15, -0.1) is 0 Å². The predicted octanol–water partition coefficient (Wildman–Crippen LogP) is 2.08. The molecular weight excluding hydrogens is 310 g/mol. The maximum atomic E-state index is 11.1. The van der Waals surface area contributed by atoms with E-state index in [-0.39, 0.29) is 11.3 Å². The summed E-state index contributed by atoms with van der Waals surface area (Å²) in [6.07, 6.45) is 6.08. The summed E-state index contributed by atoms with van der Waals surface area (Å²) in [4.78, 5) is 14.9. The highest BCUT2D eigenvalue weighted by Crippen LogP contribution is 2.19. The van der Waals surface area contributed by atoms with E-state index < -0.39 is 10.8 Å². The van der Waals surface area contributed by atoms with Crippen LogP contribution in [0, 0.1) is 0 Å². The summed E-state index contributed by atoms with van der Waals surface area (Å²) in [7, 11) is -0.784. The van der Waals surface area contributed by atoms with Crippen LogP contribution in [-0.4, -0.2) is 50.3 Å². The van der Waals surface area contributed by atoms with Gasteiger partial charge in [0.1, 0.15) is 0 Å². The smallest absolute Gasteiger partial charge is 0.231 e. The highest BCUT2D eigenvalue weighted by atomic mass is 35.5. The van der Waals surface area contributed by atoms with Crippen molar-refractivity contribution in [3.05, 3.63) is 5.28 Å². The van der Waals surface area contributed by atoms with E-state index in [2.05, 4.69) is 25.2 Å². The molecule has 6 nitrogen and oxygen atoms in total. The van der Waals surface area contributed by atoms with Crippen LogP contribution in [0.4, 0.5) is 11.9 Å². The van der Waals surface area contributed by atoms with Crippen LogP contribution in [0.3, 0.4) is 0 Å². The number of rotatable bonds is 6. The van der Waals surface area contributed by atoms with Gasteiger partial charge in [0.2, 0.25) is 17.2 Å². The summed E-state index contributed by atoms with van der Waals surface area (Å²) in [5.41, 5.74) is 0. The Hall–Kier alpha value is -0.950. The maximum Gasteiger partial charge on any atom is 0.231 e. The molecule has 1 aromatic rings. The fourth-order valence-corrected chi connectivity index (χ4v) is 3.12. The third kappa shape index (κ3) is 5.39. The summed E-state index contributed by atoms with van der Waals surface area (Å²) in [6, 6.07) is 0.140. The zero-order valence-electron chi connectivity index (χ0n) is 12.5. The van der Waals surface area contributed by atoms with E-state index in [1.165, 1.54) is 6.42 Å². The summed E-state index contributed by atoms with van der Waals surface area (Å²) in [5.74, 6) is 1.79. The zero-order valence-corrected chi connectivity index (χ0v) is 14.1. The highest BCUT2D eigenvalue weighted by Gasteiger charge is 2.16. The van der Waals surface area contributed by atoms with Crippen molar-refractivity contribution in [2.75, 3.05) is 35.3 Å². The van der Waals surface area contributed by atoms with Crippen molar-refractivity contribution in [2.24, 2.45) is 0 Å². The summed E-state index contributed by atoms with van der Waals surface area (Å²) < 4.78 is 11.1. The SMILES string of the molecule is CC(CCS(C)=O)Nc1nc(Cl)nc(N2CCCCC2)n1. The van der Waals surface area contributed by atoms with E-state index in [1.807, 2.05) is 6.92 Å². The van der Waals surface area contributed by atoms with Gasteiger partial charge in [-0.3, -0.25) is 4.21 Å². The van der Waals surface area contributed by atoms with Crippen LogP contribution >= 0.6 is 11.6 Å². The third-order valence-corrected chi connectivity index (χ3v) is 4.43. The molecule has 1 aliphatic heterocycles. The van der Waals surface area contributed by atoms with Crippen molar-refractivity contribution in [3.63, 3.8) is 0 Å². The molecular formula is C13H22ClN5OS. The molecule has 2 rings (SSSR count). The van der Waals surface area contributed by atoms with Gasteiger partial charge in [-0.25, -0.2) is 0 Å². The molecule has 2 atom stereocenters. The molecule has 21 heavy (non-hydrogen) atoms. The summed E-state index contributed by atoms with van der Waals surface area (Å²) >= 11 is 6.00. The normalized spacial score (nSPS) is 18.3. The molecule has 118 valence electrons. The van der Waals surface area contributed by atoms with Gasteiger partial charge in [0.15, 0.2) is 0 Å². The van der Waals surface area contributed by atoms with Gasteiger partial charge in [-0.05, 0) is 44.2 Å².